The van der Waals surface area contributed by atoms with Crippen molar-refractivity contribution >= 4 is 17.1 Å². The third-order valence-electron chi connectivity index (χ3n) is 3.30. The number of non-ortho nitro benzene ring substituents is 1. The highest BCUT2D eigenvalue weighted by atomic mass is 16.6. The molecule has 1 saturated heterocycles. The molecule has 0 spiro atoms. The van der Waals surface area contributed by atoms with E-state index in [1.54, 1.807) is 13.1 Å². The van der Waals surface area contributed by atoms with Crippen molar-refractivity contribution < 1.29 is 14.8 Å². The van der Waals surface area contributed by atoms with Crippen molar-refractivity contribution in [2.24, 2.45) is 0 Å². The van der Waals surface area contributed by atoms with Gasteiger partial charge in [-0.25, -0.2) is 0 Å². The molecule has 0 bridgehead atoms. The normalized spacial score (nSPS) is 22.6. The van der Waals surface area contributed by atoms with E-state index < -0.39 is 4.92 Å². The molecule has 2 atom stereocenters. The quantitative estimate of drug-likeness (QED) is 0.637. The topological polar surface area (TPSA) is 87.9 Å². The number of aliphatic hydroxyl groups is 1. The molecule has 2 rings (SSSR count). The summed E-state index contributed by atoms with van der Waals surface area (Å²) in [5.41, 5.74) is 1.50. The molecule has 1 aromatic rings. The standard InChI is InChI=1S/C13H19N3O4/c1-9-6-15(7-13(8-17)20-9)11-3-10(14-2)4-12(5-11)16(18)19/h3-5,9,13-14,17H,6-8H2,1-2H3. The van der Waals surface area contributed by atoms with Crippen LogP contribution in [0.5, 0.6) is 0 Å². The zero-order chi connectivity index (χ0) is 14.7. The molecule has 0 amide bonds. The summed E-state index contributed by atoms with van der Waals surface area (Å²) in [6, 6.07) is 4.91. The van der Waals surface area contributed by atoms with Gasteiger partial charge >= 0.3 is 0 Å². The number of nitrogens with zero attached hydrogens (tertiary/aromatic N) is 2. The Morgan fingerprint density at radius 3 is 2.85 bits per heavy atom. The van der Waals surface area contributed by atoms with E-state index in [-0.39, 0.29) is 24.5 Å². The van der Waals surface area contributed by atoms with Gasteiger partial charge in [0.05, 0.1) is 23.7 Å². The molecule has 110 valence electrons. The Balaban J connectivity index is 2.30. The maximum atomic E-state index is 11.0. The van der Waals surface area contributed by atoms with Crippen LogP contribution >= 0.6 is 0 Å². The number of ether oxygens (including phenoxy) is 1. The SMILES string of the molecule is CNc1cc(N2CC(C)OC(CO)C2)cc([N+](=O)[O-])c1. The van der Waals surface area contributed by atoms with Gasteiger partial charge < -0.3 is 20.1 Å². The second-order valence-electron chi connectivity index (χ2n) is 4.90. The fraction of sp³-hybridized carbons (Fsp3) is 0.538. The highest BCUT2D eigenvalue weighted by Gasteiger charge is 2.26. The van der Waals surface area contributed by atoms with Crippen LogP contribution in [-0.2, 0) is 4.74 Å². The Hall–Kier alpha value is -1.86. The zero-order valence-corrected chi connectivity index (χ0v) is 11.6. The first-order valence-electron chi connectivity index (χ1n) is 6.52. The second kappa shape index (κ2) is 6.06. The first-order chi connectivity index (χ1) is 9.53. The Bertz CT molecular complexity index is 495. The van der Waals surface area contributed by atoms with Crippen LogP contribution in [0.25, 0.3) is 0 Å². The van der Waals surface area contributed by atoms with Crippen LogP contribution in [0.4, 0.5) is 17.1 Å². The van der Waals surface area contributed by atoms with Gasteiger partial charge in [0.1, 0.15) is 0 Å². The highest BCUT2D eigenvalue weighted by Crippen LogP contribution is 2.28. The van der Waals surface area contributed by atoms with Crippen LogP contribution in [-0.4, -0.2) is 49.0 Å². The summed E-state index contributed by atoms with van der Waals surface area (Å²) in [6.07, 6.45) is -0.297. The van der Waals surface area contributed by atoms with Gasteiger partial charge in [-0.3, -0.25) is 10.1 Å². The molecule has 0 aliphatic carbocycles. The lowest BCUT2D eigenvalue weighted by Gasteiger charge is -2.37. The molecular weight excluding hydrogens is 262 g/mol. The Labute approximate surface area is 117 Å². The Kier molecular flexibility index (Phi) is 4.41. The molecule has 1 aliphatic heterocycles. The molecule has 1 aromatic carbocycles. The molecule has 7 heteroatoms. The van der Waals surface area contributed by atoms with Gasteiger partial charge in [-0.1, -0.05) is 0 Å². The Morgan fingerprint density at radius 1 is 1.50 bits per heavy atom. The number of hydrogen-bond acceptors (Lipinski definition) is 6. The van der Waals surface area contributed by atoms with Crippen molar-refractivity contribution in [3.63, 3.8) is 0 Å². The van der Waals surface area contributed by atoms with Crippen LogP contribution in [0, 0.1) is 10.1 Å². The molecule has 1 aliphatic rings. The van der Waals surface area contributed by atoms with Crippen LogP contribution in [0.15, 0.2) is 18.2 Å². The molecule has 20 heavy (non-hydrogen) atoms. The summed E-state index contributed by atoms with van der Waals surface area (Å²) in [5, 5.41) is 23.2. The Morgan fingerprint density at radius 2 is 2.25 bits per heavy atom. The number of nitro groups is 1. The van der Waals surface area contributed by atoms with E-state index in [1.165, 1.54) is 6.07 Å². The van der Waals surface area contributed by atoms with E-state index in [9.17, 15) is 15.2 Å². The maximum absolute atomic E-state index is 11.0. The monoisotopic (exact) mass is 281 g/mol. The number of morpholine rings is 1. The molecule has 0 aromatic heterocycles. The zero-order valence-electron chi connectivity index (χ0n) is 11.6. The molecular formula is C13H19N3O4. The fourth-order valence-corrected chi connectivity index (χ4v) is 2.38. The molecule has 1 heterocycles. The summed E-state index contributed by atoms with van der Waals surface area (Å²) in [5.74, 6) is 0. The molecule has 0 radical (unpaired) electrons. The lowest BCUT2D eigenvalue weighted by molar-refractivity contribution is -0.384. The van der Waals surface area contributed by atoms with Crippen molar-refractivity contribution in [1.29, 1.82) is 0 Å². The minimum atomic E-state index is -0.405. The summed E-state index contributed by atoms with van der Waals surface area (Å²) >= 11 is 0. The molecule has 1 fully saturated rings. The number of anilines is 2. The molecule has 7 nitrogen and oxygen atoms in total. The summed E-state index contributed by atoms with van der Waals surface area (Å²) in [4.78, 5) is 12.6. The first kappa shape index (κ1) is 14.5. The number of aliphatic hydroxyl groups excluding tert-OH is 1. The number of nitrogens with one attached hydrogen (secondary N) is 1. The van der Waals surface area contributed by atoms with Crippen LogP contribution in [0.1, 0.15) is 6.92 Å². The van der Waals surface area contributed by atoms with E-state index in [0.717, 1.165) is 5.69 Å². The van der Waals surface area contributed by atoms with Gasteiger partial charge in [-0.15, -0.1) is 0 Å². The summed E-state index contributed by atoms with van der Waals surface area (Å²) < 4.78 is 5.58. The minimum absolute atomic E-state index is 0.0294. The van der Waals surface area contributed by atoms with Gasteiger partial charge in [-0.05, 0) is 13.0 Å². The largest absolute Gasteiger partial charge is 0.394 e. The second-order valence-corrected chi connectivity index (χ2v) is 4.90. The van der Waals surface area contributed by atoms with Crippen molar-refractivity contribution in [3.8, 4) is 0 Å². The van der Waals surface area contributed by atoms with Crippen LogP contribution in [0.3, 0.4) is 0 Å². The minimum Gasteiger partial charge on any atom is -0.394 e. The third kappa shape index (κ3) is 3.17. The number of hydrogen-bond donors (Lipinski definition) is 2. The summed E-state index contributed by atoms with van der Waals surface area (Å²) in [7, 11) is 1.72. The van der Waals surface area contributed by atoms with Gasteiger partial charge in [0.25, 0.3) is 5.69 Å². The van der Waals surface area contributed by atoms with E-state index in [0.29, 0.717) is 18.8 Å². The molecule has 2 N–H and O–H groups in total. The van der Waals surface area contributed by atoms with Crippen molar-refractivity contribution in [2.75, 3.05) is 37.0 Å². The third-order valence-corrected chi connectivity index (χ3v) is 3.30. The van der Waals surface area contributed by atoms with E-state index in [2.05, 4.69) is 5.32 Å². The van der Waals surface area contributed by atoms with Gasteiger partial charge in [0.15, 0.2) is 0 Å². The van der Waals surface area contributed by atoms with E-state index in [4.69, 9.17) is 4.74 Å². The van der Waals surface area contributed by atoms with Crippen molar-refractivity contribution in [3.05, 3.63) is 28.3 Å². The highest BCUT2D eigenvalue weighted by molar-refractivity contribution is 5.64. The van der Waals surface area contributed by atoms with Gasteiger partial charge in [0, 0.05) is 43.6 Å². The lowest BCUT2D eigenvalue weighted by Crippen LogP contribution is -2.48. The smallest absolute Gasteiger partial charge is 0.273 e. The lowest BCUT2D eigenvalue weighted by atomic mass is 10.1. The average Bonchev–Trinajstić information content (AvgIpc) is 2.45. The predicted molar refractivity (Wildman–Crippen MR) is 76.3 cm³/mol. The maximum Gasteiger partial charge on any atom is 0.273 e. The van der Waals surface area contributed by atoms with Gasteiger partial charge in [0.2, 0.25) is 0 Å². The molecule has 2 unspecified atom stereocenters. The van der Waals surface area contributed by atoms with Crippen LogP contribution in [0.2, 0.25) is 0 Å². The predicted octanol–water partition coefficient (Wildman–Crippen LogP) is 1.22. The van der Waals surface area contributed by atoms with Gasteiger partial charge in [-0.2, -0.15) is 0 Å². The number of nitro benzene ring substituents is 1. The summed E-state index contributed by atoms with van der Waals surface area (Å²) in [6.45, 7) is 3.02. The van der Waals surface area contributed by atoms with E-state index in [1.807, 2.05) is 17.9 Å². The fourth-order valence-electron chi connectivity index (χ4n) is 2.38. The van der Waals surface area contributed by atoms with Crippen LogP contribution < -0.4 is 10.2 Å². The van der Waals surface area contributed by atoms with Crippen molar-refractivity contribution in [2.45, 2.75) is 19.1 Å². The average molecular weight is 281 g/mol. The molecule has 0 saturated carbocycles. The number of rotatable bonds is 4. The first-order valence-corrected chi connectivity index (χ1v) is 6.52. The van der Waals surface area contributed by atoms with Crippen molar-refractivity contribution in [1.82, 2.24) is 0 Å². The number of benzene rings is 1. The van der Waals surface area contributed by atoms with E-state index >= 15 is 0 Å².